The summed E-state index contributed by atoms with van der Waals surface area (Å²) in [5.41, 5.74) is 3.29. The number of aromatic nitrogens is 2. The molecule has 0 aliphatic carbocycles. The van der Waals surface area contributed by atoms with Crippen LogP contribution in [0.3, 0.4) is 0 Å². The zero-order chi connectivity index (χ0) is 26.9. The molecule has 192 valence electrons. The average Bonchev–Trinajstić information content (AvgIpc) is 3.20. The van der Waals surface area contributed by atoms with Gasteiger partial charge < -0.3 is 15.4 Å². The van der Waals surface area contributed by atoms with Crippen LogP contribution in [0, 0.1) is 20.8 Å². The number of nitrogens with one attached hydrogen (secondary N) is 2. The minimum atomic E-state index is -0.833. The van der Waals surface area contributed by atoms with Crippen LogP contribution < -0.4 is 20.9 Å². The molecule has 0 aliphatic heterocycles. The first kappa shape index (κ1) is 26.4. The summed E-state index contributed by atoms with van der Waals surface area (Å²) in [5, 5.41) is 6.50. The lowest BCUT2D eigenvalue weighted by Crippen LogP contribution is -2.33. The quantitative estimate of drug-likeness (QED) is 0.305. The Kier molecular flexibility index (Phi) is 7.65. The molecule has 4 rings (SSSR count). The lowest BCUT2D eigenvalue weighted by Gasteiger charge is -2.19. The van der Waals surface area contributed by atoms with Crippen molar-refractivity contribution in [1.82, 2.24) is 9.55 Å². The van der Waals surface area contributed by atoms with Crippen molar-refractivity contribution in [3.8, 4) is 5.75 Å². The summed E-state index contributed by atoms with van der Waals surface area (Å²) in [6.07, 6.45) is 1.69. The number of anilines is 2. The van der Waals surface area contributed by atoms with Gasteiger partial charge >= 0.3 is 0 Å². The molecule has 0 radical (unpaired) electrons. The van der Waals surface area contributed by atoms with E-state index < -0.39 is 11.9 Å². The van der Waals surface area contributed by atoms with E-state index in [0.29, 0.717) is 49.2 Å². The van der Waals surface area contributed by atoms with Crippen LogP contribution in [-0.4, -0.2) is 28.5 Å². The van der Waals surface area contributed by atoms with Crippen LogP contribution in [0.5, 0.6) is 5.75 Å². The van der Waals surface area contributed by atoms with Gasteiger partial charge in [-0.1, -0.05) is 36.2 Å². The van der Waals surface area contributed by atoms with Gasteiger partial charge in [0.15, 0.2) is 0 Å². The monoisotopic (exact) mass is 538 g/mol. The Bertz CT molecular complexity index is 1580. The maximum absolute atomic E-state index is 13.5. The van der Waals surface area contributed by atoms with E-state index in [9.17, 15) is 14.4 Å². The number of rotatable bonds is 7. The molecule has 2 aromatic carbocycles. The number of nitrogens with zero attached hydrogens (tertiary/aromatic N) is 2. The van der Waals surface area contributed by atoms with E-state index in [1.54, 1.807) is 32.0 Å². The fourth-order valence-electron chi connectivity index (χ4n) is 4.21. The van der Waals surface area contributed by atoms with Crippen molar-refractivity contribution < 1.29 is 14.3 Å². The molecule has 2 N–H and O–H groups in total. The van der Waals surface area contributed by atoms with Crippen LogP contribution in [-0.2, 0) is 4.79 Å². The normalized spacial score (nSPS) is 11.8. The number of carbonyl (C=O) groups is 2. The van der Waals surface area contributed by atoms with Crippen molar-refractivity contribution in [3.05, 3.63) is 79.7 Å². The molecule has 4 aromatic rings. The van der Waals surface area contributed by atoms with Crippen molar-refractivity contribution in [2.45, 2.75) is 40.2 Å². The molecule has 0 saturated heterocycles. The third kappa shape index (κ3) is 5.23. The third-order valence-corrected chi connectivity index (χ3v) is 7.59. The number of methoxy groups -OCH3 is 1. The van der Waals surface area contributed by atoms with Crippen LogP contribution >= 0.6 is 22.9 Å². The number of carbonyl (C=O) groups excluding carboxylic acids is 2. The van der Waals surface area contributed by atoms with Gasteiger partial charge in [0, 0.05) is 10.7 Å². The maximum atomic E-state index is 13.5. The molecule has 8 nitrogen and oxygen atoms in total. The predicted molar refractivity (Wildman–Crippen MR) is 148 cm³/mol. The lowest BCUT2D eigenvalue weighted by molar-refractivity contribution is -0.119. The van der Waals surface area contributed by atoms with Crippen LogP contribution in [0.2, 0.25) is 5.02 Å². The van der Waals surface area contributed by atoms with Gasteiger partial charge in [-0.2, -0.15) is 0 Å². The minimum absolute atomic E-state index is 0.309. The Balaban J connectivity index is 1.67. The van der Waals surface area contributed by atoms with Gasteiger partial charge in [-0.3, -0.25) is 19.0 Å². The second-order valence-electron chi connectivity index (χ2n) is 8.72. The zero-order valence-electron chi connectivity index (χ0n) is 21.1. The Morgan fingerprint density at radius 2 is 1.86 bits per heavy atom. The molecule has 2 amide bonds. The number of hydrogen-bond acceptors (Lipinski definition) is 6. The predicted octanol–water partition coefficient (Wildman–Crippen LogP) is 5.89. The highest BCUT2D eigenvalue weighted by Crippen LogP contribution is 2.30. The van der Waals surface area contributed by atoms with Gasteiger partial charge in [0.2, 0.25) is 5.91 Å². The van der Waals surface area contributed by atoms with Crippen LogP contribution in [0.1, 0.15) is 45.7 Å². The molecule has 0 aliphatic rings. The van der Waals surface area contributed by atoms with Gasteiger partial charge in [-0.25, -0.2) is 4.98 Å². The second-order valence-corrected chi connectivity index (χ2v) is 10.2. The summed E-state index contributed by atoms with van der Waals surface area (Å²) in [6.45, 7) is 7.44. The Hall–Kier alpha value is -3.69. The molecule has 1 atom stereocenters. The van der Waals surface area contributed by atoms with E-state index >= 15 is 0 Å². The summed E-state index contributed by atoms with van der Waals surface area (Å²) in [5.74, 6) is -0.273. The molecule has 0 bridgehead atoms. The number of halogens is 1. The summed E-state index contributed by atoms with van der Waals surface area (Å²) in [7, 11) is 1.49. The molecule has 37 heavy (non-hydrogen) atoms. The largest absolute Gasteiger partial charge is 0.495 e. The fourth-order valence-corrected chi connectivity index (χ4v) is 5.42. The molecule has 2 heterocycles. The number of hydrogen-bond donors (Lipinski definition) is 2. The number of thiophene rings is 1. The van der Waals surface area contributed by atoms with E-state index in [1.807, 2.05) is 32.0 Å². The SMILES string of the molecule is CCC(C(=O)Nc1cc(Cl)ccc1OC)n1cnc2sc(C(=O)Nc3ccc(C)cc3C)c(C)c2c1=O. The summed E-state index contributed by atoms with van der Waals surface area (Å²) >= 11 is 7.24. The maximum Gasteiger partial charge on any atom is 0.266 e. The van der Waals surface area contributed by atoms with Crippen molar-refractivity contribution in [1.29, 1.82) is 0 Å². The highest BCUT2D eigenvalue weighted by Gasteiger charge is 2.25. The highest BCUT2D eigenvalue weighted by molar-refractivity contribution is 7.20. The number of fused-ring (bicyclic) bond motifs is 1. The zero-order valence-corrected chi connectivity index (χ0v) is 22.7. The smallest absolute Gasteiger partial charge is 0.266 e. The molecule has 0 spiro atoms. The van der Waals surface area contributed by atoms with Gasteiger partial charge in [-0.05, 0) is 62.6 Å². The van der Waals surface area contributed by atoms with E-state index in [0.717, 1.165) is 22.5 Å². The van der Waals surface area contributed by atoms with E-state index in [4.69, 9.17) is 16.3 Å². The minimum Gasteiger partial charge on any atom is -0.495 e. The van der Waals surface area contributed by atoms with Crippen molar-refractivity contribution in [2.24, 2.45) is 0 Å². The van der Waals surface area contributed by atoms with E-state index in [-0.39, 0.29) is 11.5 Å². The van der Waals surface area contributed by atoms with Crippen LogP contribution in [0.15, 0.2) is 47.5 Å². The topological polar surface area (TPSA) is 102 Å². The first-order chi connectivity index (χ1) is 17.6. The third-order valence-electron chi connectivity index (χ3n) is 6.16. The molecule has 0 saturated carbocycles. The summed E-state index contributed by atoms with van der Waals surface area (Å²) < 4.78 is 6.61. The first-order valence-electron chi connectivity index (χ1n) is 11.7. The summed E-state index contributed by atoms with van der Waals surface area (Å²) in [6, 6.07) is 9.83. The molecule has 0 fully saturated rings. The lowest BCUT2D eigenvalue weighted by atomic mass is 10.1. The molecule has 10 heteroatoms. The molecule has 1 unspecified atom stereocenters. The van der Waals surface area contributed by atoms with Gasteiger partial charge in [-0.15, -0.1) is 11.3 Å². The van der Waals surface area contributed by atoms with Crippen LogP contribution in [0.4, 0.5) is 11.4 Å². The van der Waals surface area contributed by atoms with Crippen molar-refractivity contribution in [3.63, 3.8) is 0 Å². The fraction of sp³-hybridized carbons (Fsp3) is 0.259. The Morgan fingerprint density at radius 3 is 2.54 bits per heavy atom. The van der Waals surface area contributed by atoms with E-state index in [2.05, 4.69) is 15.6 Å². The molecular formula is C27H27ClN4O4S. The summed E-state index contributed by atoms with van der Waals surface area (Å²) in [4.78, 5) is 45.1. The number of aryl methyl sites for hydroxylation is 3. The average molecular weight is 539 g/mol. The van der Waals surface area contributed by atoms with Crippen LogP contribution in [0.25, 0.3) is 10.2 Å². The number of amides is 2. The molecular weight excluding hydrogens is 512 g/mol. The van der Waals surface area contributed by atoms with Gasteiger partial charge in [0.05, 0.1) is 29.4 Å². The molecule has 2 aromatic heterocycles. The van der Waals surface area contributed by atoms with Gasteiger partial charge in [0.1, 0.15) is 16.6 Å². The number of ether oxygens (including phenoxy) is 1. The van der Waals surface area contributed by atoms with E-state index in [1.165, 1.54) is 18.0 Å². The van der Waals surface area contributed by atoms with Crippen molar-refractivity contribution in [2.75, 3.05) is 17.7 Å². The number of benzene rings is 2. The Morgan fingerprint density at radius 1 is 1.11 bits per heavy atom. The van der Waals surface area contributed by atoms with Gasteiger partial charge in [0.25, 0.3) is 11.5 Å². The Labute approximate surface area is 223 Å². The standard InChI is InChI=1S/C27H27ClN4O4S/c1-6-20(24(33)31-19-12-17(28)8-10-21(19)36-5)32-13-29-26-22(27(32)35)16(4)23(37-26)25(34)30-18-9-7-14(2)11-15(18)3/h7-13,20H,6H2,1-5H3,(H,30,34)(H,31,33). The highest BCUT2D eigenvalue weighted by atomic mass is 35.5. The van der Waals surface area contributed by atoms with Crippen molar-refractivity contribution >= 4 is 56.3 Å². The second kappa shape index (κ2) is 10.7. The first-order valence-corrected chi connectivity index (χ1v) is 12.9.